The molecule has 0 N–H and O–H groups in total. The van der Waals surface area contributed by atoms with E-state index >= 15 is 0 Å². The summed E-state index contributed by atoms with van der Waals surface area (Å²) in [6.07, 6.45) is 1.77. The standard InChI is InChI=1S/C17H31N3O3S/c1-13(19(5)6)18-15(24)12-22-11-14-8-7-9-20(10-14)16(21)23-17(2,3)4/h14H,7-12H2,1-6H3/t14-/m0/s1. The van der Waals surface area contributed by atoms with Crippen molar-refractivity contribution in [3.63, 3.8) is 0 Å². The van der Waals surface area contributed by atoms with Gasteiger partial charge >= 0.3 is 6.09 Å². The minimum absolute atomic E-state index is 0.242. The molecule has 6 nitrogen and oxygen atoms in total. The van der Waals surface area contributed by atoms with Crippen LogP contribution in [0.25, 0.3) is 0 Å². The van der Waals surface area contributed by atoms with E-state index in [1.807, 2.05) is 46.7 Å². The molecule has 0 aromatic heterocycles. The Kier molecular flexibility index (Phi) is 8.09. The molecule has 0 aromatic rings. The summed E-state index contributed by atoms with van der Waals surface area (Å²) in [5.74, 6) is 1.17. The maximum Gasteiger partial charge on any atom is 0.410 e. The Balaban J connectivity index is 2.37. The van der Waals surface area contributed by atoms with Crippen LogP contribution in [0.3, 0.4) is 0 Å². The van der Waals surface area contributed by atoms with Crippen molar-refractivity contribution in [1.82, 2.24) is 9.80 Å². The van der Waals surface area contributed by atoms with Gasteiger partial charge in [-0.05, 0) is 40.5 Å². The first-order valence-corrected chi connectivity index (χ1v) is 8.80. The first-order chi connectivity index (χ1) is 11.1. The van der Waals surface area contributed by atoms with Gasteiger partial charge in [0.05, 0.1) is 13.2 Å². The lowest BCUT2D eigenvalue weighted by Gasteiger charge is -2.34. The number of hydrogen-bond donors (Lipinski definition) is 0. The summed E-state index contributed by atoms with van der Waals surface area (Å²) in [6.45, 7) is 9.88. The van der Waals surface area contributed by atoms with Crippen molar-refractivity contribution in [3.8, 4) is 0 Å². The lowest BCUT2D eigenvalue weighted by molar-refractivity contribution is 0.00978. The van der Waals surface area contributed by atoms with E-state index in [2.05, 4.69) is 4.99 Å². The molecule has 0 unspecified atom stereocenters. The molecule has 1 fully saturated rings. The van der Waals surface area contributed by atoms with Gasteiger partial charge in [0.15, 0.2) is 0 Å². The Labute approximate surface area is 151 Å². The molecule has 0 saturated carbocycles. The molecule has 0 radical (unpaired) electrons. The van der Waals surface area contributed by atoms with Crippen molar-refractivity contribution in [2.24, 2.45) is 10.9 Å². The third-order valence-corrected chi connectivity index (χ3v) is 3.89. The van der Waals surface area contributed by atoms with E-state index in [9.17, 15) is 4.79 Å². The molecule has 0 spiro atoms. The van der Waals surface area contributed by atoms with E-state index in [1.54, 1.807) is 4.90 Å². The Morgan fingerprint density at radius 3 is 2.62 bits per heavy atom. The smallest absolute Gasteiger partial charge is 0.410 e. The second kappa shape index (κ2) is 9.32. The summed E-state index contributed by atoms with van der Waals surface area (Å²) in [5.41, 5.74) is -0.463. The average Bonchev–Trinajstić information content (AvgIpc) is 2.45. The van der Waals surface area contributed by atoms with E-state index in [1.165, 1.54) is 0 Å². The van der Waals surface area contributed by atoms with E-state index < -0.39 is 5.60 Å². The zero-order valence-electron chi connectivity index (χ0n) is 15.8. The van der Waals surface area contributed by atoms with Crippen molar-refractivity contribution < 1.29 is 14.3 Å². The van der Waals surface area contributed by atoms with Crippen LogP contribution < -0.4 is 0 Å². The van der Waals surface area contributed by atoms with Gasteiger partial charge in [0.25, 0.3) is 0 Å². The number of carbonyl (C=O) groups excluding carboxylic acids is 1. The maximum absolute atomic E-state index is 12.1. The molecule has 1 aliphatic heterocycles. The normalized spacial score (nSPS) is 19.2. The molecule has 1 saturated heterocycles. The van der Waals surface area contributed by atoms with Gasteiger partial charge < -0.3 is 19.3 Å². The summed E-state index contributed by atoms with van der Waals surface area (Å²) in [7, 11) is 3.85. The van der Waals surface area contributed by atoms with Crippen LogP contribution in [-0.2, 0) is 9.47 Å². The van der Waals surface area contributed by atoms with E-state index in [-0.39, 0.29) is 6.09 Å². The van der Waals surface area contributed by atoms with Crippen LogP contribution in [0.15, 0.2) is 4.99 Å². The SMILES string of the molecule is CC(=NC(=S)COC[C@H]1CCCN(C(=O)OC(C)(C)C)C1)N(C)C. The largest absolute Gasteiger partial charge is 0.444 e. The second-order valence-corrected chi connectivity index (χ2v) is 7.87. The van der Waals surface area contributed by atoms with Crippen LogP contribution >= 0.6 is 12.2 Å². The van der Waals surface area contributed by atoms with Crippen molar-refractivity contribution in [1.29, 1.82) is 0 Å². The number of ether oxygens (including phenoxy) is 2. The molecule has 24 heavy (non-hydrogen) atoms. The van der Waals surface area contributed by atoms with Gasteiger partial charge in [0.2, 0.25) is 0 Å². The first kappa shape index (κ1) is 20.8. The molecule has 1 aliphatic rings. The lowest BCUT2D eigenvalue weighted by Crippen LogP contribution is -2.43. The molecule has 7 heteroatoms. The fourth-order valence-corrected chi connectivity index (χ4v) is 2.53. The molecular formula is C17H31N3O3S. The molecule has 0 aromatic carbocycles. The Morgan fingerprint density at radius 1 is 1.38 bits per heavy atom. The number of hydrogen-bond acceptors (Lipinski definition) is 4. The highest BCUT2D eigenvalue weighted by Gasteiger charge is 2.27. The monoisotopic (exact) mass is 357 g/mol. The number of rotatable bonds is 4. The van der Waals surface area contributed by atoms with Crippen LogP contribution in [0.5, 0.6) is 0 Å². The molecule has 138 valence electrons. The molecule has 0 bridgehead atoms. The number of likely N-dealkylation sites (tertiary alicyclic amines) is 1. The lowest BCUT2D eigenvalue weighted by atomic mass is 9.99. The molecule has 1 atom stereocenters. The van der Waals surface area contributed by atoms with Crippen molar-refractivity contribution in [2.45, 2.75) is 46.1 Å². The Bertz CT molecular complexity index is 472. The van der Waals surface area contributed by atoms with Crippen molar-refractivity contribution >= 4 is 29.1 Å². The number of aliphatic imine (C=N–C) groups is 1. The number of piperidine rings is 1. The van der Waals surface area contributed by atoms with Crippen molar-refractivity contribution in [2.75, 3.05) is 40.4 Å². The zero-order chi connectivity index (χ0) is 18.3. The van der Waals surface area contributed by atoms with Crippen molar-refractivity contribution in [3.05, 3.63) is 0 Å². The average molecular weight is 358 g/mol. The zero-order valence-corrected chi connectivity index (χ0v) is 16.6. The molecule has 0 aliphatic carbocycles. The number of amides is 1. The van der Waals surface area contributed by atoms with Crippen LogP contribution in [0, 0.1) is 5.92 Å². The van der Waals surface area contributed by atoms with E-state index in [4.69, 9.17) is 21.7 Å². The van der Waals surface area contributed by atoms with Gasteiger partial charge in [0.1, 0.15) is 16.4 Å². The summed E-state index contributed by atoms with van der Waals surface area (Å²) in [6, 6.07) is 0. The molecule has 1 rings (SSSR count). The van der Waals surface area contributed by atoms with Gasteiger partial charge in [-0.2, -0.15) is 0 Å². The van der Waals surface area contributed by atoms with Gasteiger partial charge in [-0.1, -0.05) is 12.2 Å². The van der Waals surface area contributed by atoms with Gasteiger partial charge in [-0.3, -0.25) is 0 Å². The highest BCUT2D eigenvalue weighted by molar-refractivity contribution is 7.80. The second-order valence-electron chi connectivity index (χ2n) is 7.40. The van der Waals surface area contributed by atoms with Gasteiger partial charge in [0, 0.05) is 33.1 Å². The minimum atomic E-state index is -0.463. The predicted octanol–water partition coefficient (Wildman–Crippen LogP) is 2.96. The molecular weight excluding hydrogens is 326 g/mol. The fraction of sp³-hybridized carbons (Fsp3) is 0.824. The topological polar surface area (TPSA) is 54.4 Å². The highest BCUT2D eigenvalue weighted by atomic mass is 32.1. The molecule has 1 heterocycles. The van der Waals surface area contributed by atoms with Crippen LogP contribution in [-0.4, -0.2) is 72.7 Å². The third-order valence-electron chi connectivity index (χ3n) is 3.68. The Hall–Kier alpha value is -1.21. The van der Waals surface area contributed by atoms with Crippen LogP contribution in [0.2, 0.25) is 0 Å². The third kappa shape index (κ3) is 8.06. The van der Waals surface area contributed by atoms with Crippen LogP contribution in [0.4, 0.5) is 4.79 Å². The number of amidine groups is 1. The highest BCUT2D eigenvalue weighted by Crippen LogP contribution is 2.19. The molecule has 1 amide bonds. The quantitative estimate of drug-likeness (QED) is 0.440. The maximum atomic E-state index is 12.1. The Morgan fingerprint density at radius 2 is 2.04 bits per heavy atom. The van der Waals surface area contributed by atoms with Gasteiger partial charge in [-0.25, -0.2) is 9.79 Å². The summed E-state index contributed by atoms with van der Waals surface area (Å²) >= 11 is 5.22. The van der Waals surface area contributed by atoms with Crippen LogP contribution in [0.1, 0.15) is 40.5 Å². The van der Waals surface area contributed by atoms with E-state index in [0.29, 0.717) is 30.7 Å². The predicted molar refractivity (Wildman–Crippen MR) is 101 cm³/mol. The number of carbonyl (C=O) groups is 1. The summed E-state index contributed by atoms with van der Waals surface area (Å²) in [5, 5.41) is 0. The fourth-order valence-electron chi connectivity index (χ4n) is 2.32. The summed E-state index contributed by atoms with van der Waals surface area (Å²) in [4.78, 5) is 20.7. The first-order valence-electron chi connectivity index (χ1n) is 8.39. The summed E-state index contributed by atoms with van der Waals surface area (Å²) < 4.78 is 11.1. The van der Waals surface area contributed by atoms with Gasteiger partial charge in [-0.15, -0.1) is 0 Å². The van der Waals surface area contributed by atoms with E-state index in [0.717, 1.165) is 25.2 Å². The number of thiocarbonyl (C=S) groups is 1. The minimum Gasteiger partial charge on any atom is -0.444 e. The number of nitrogens with zero attached hydrogens (tertiary/aromatic N) is 3.